The molecule has 0 fully saturated rings. The van der Waals surface area contributed by atoms with Crippen molar-refractivity contribution in [2.24, 2.45) is 0 Å². The molecule has 0 saturated carbocycles. The Hall–Kier alpha value is -0.670. The Balaban J connectivity index is 2.60. The van der Waals surface area contributed by atoms with Gasteiger partial charge in [-0.25, -0.2) is 0 Å². The third-order valence-electron chi connectivity index (χ3n) is 1.83. The number of rotatable bonds is 1. The average molecular weight is 165 g/mol. The Kier molecular flexibility index (Phi) is 2.11. The third kappa shape index (κ3) is 1.88. The SMILES string of the molecule is CN(C1=CCCC1)C(F)(F)F. The van der Waals surface area contributed by atoms with Gasteiger partial charge in [-0.1, -0.05) is 6.08 Å². The van der Waals surface area contributed by atoms with E-state index >= 15 is 0 Å². The predicted octanol–water partition coefficient (Wildman–Crippen LogP) is 2.51. The molecule has 1 aliphatic rings. The summed E-state index contributed by atoms with van der Waals surface area (Å²) in [5.41, 5.74) is 0.400. The number of nitrogens with zero attached hydrogens (tertiary/aromatic N) is 1. The van der Waals surface area contributed by atoms with Crippen LogP contribution in [0.3, 0.4) is 0 Å². The summed E-state index contributed by atoms with van der Waals surface area (Å²) in [5.74, 6) is 0. The van der Waals surface area contributed by atoms with E-state index < -0.39 is 6.30 Å². The van der Waals surface area contributed by atoms with Crippen LogP contribution in [-0.4, -0.2) is 18.2 Å². The highest BCUT2D eigenvalue weighted by molar-refractivity contribution is 5.06. The maximum Gasteiger partial charge on any atom is 0.484 e. The summed E-state index contributed by atoms with van der Waals surface area (Å²) in [5, 5.41) is 0. The van der Waals surface area contributed by atoms with E-state index in [1.165, 1.54) is 0 Å². The molecular formula is C7H10F3N. The van der Waals surface area contributed by atoms with E-state index in [9.17, 15) is 13.2 Å². The molecule has 11 heavy (non-hydrogen) atoms. The van der Waals surface area contributed by atoms with Crippen molar-refractivity contribution >= 4 is 0 Å². The summed E-state index contributed by atoms with van der Waals surface area (Å²) in [6.07, 6.45) is -0.398. The quantitative estimate of drug-likeness (QED) is 0.539. The van der Waals surface area contributed by atoms with E-state index in [0.717, 1.165) is 19.9 Å². The average Bonchev–Trinajstić information content (AvgIpc) is 2.34. The summed E-state index contributed by atoms with van der Waals surface area (Å²) in [7, 11) is 1.07. The molecule has 0 amide bonds. The Labute approximate surface area is 63.5 Å². The molecule has 0 saturated heterocycles. The predicted molar refractivity (Wildman–Crippen MR) is 35.8 cm³/mol. The van der Waals surface area contributed by atoms with E-state index in [1.54, 1.807) is 6.08 Å². The summed E-state index contributed by atoms with van der Waals surface area (Å²) >= 11 is 0. The Morgan fingerprint density at radius 1 is 1.45 bits per heavy atom. The number of alkyl halides is 3. The van der Waals surface area contributed by atoms with Crippen LogP contribution in [0.25, 0.3) is 0 Å². The van der Waals surface area contributed by atoms with Crippen LogP contribution in [-0.2, 0) is 0 Å². The monoisotopic (exact) mass is 165 g/mol. The summed E-state index contributed by atoms with van der Waals surface area (Å²) in [6, 6.07) is 0. The van der Waals surface area contributed by atoms with Crippen LogP contribution in [0, 0.1) is 0 Å². The topological polar surface area (TPSA) is 3.24 Å². The molecule has 0 N–H and O–H groups in total. The van der Waals surface area contributed by atoms with Crippen molar-refractivity contribution in [2.75, 3.05) is 7.05 Å². The smallest absolute Gasteiger partial charge is 0.291 e. The van der Waals surface area contributed by atoms with Crippen LogP contribution in [0.15, 0.2) is 11.8 Å². The summed E-state index contributed by atoms with van der Waals surface area (Å²) in [6.45, 7) is 0. The zero-order chi connectivity index (χ0) is 8.48. The minimum Gasteiger partial charge on any atom is -0.291 e. The van der Waals surface area contributed by atoms with Gasteiger partial charge >= 0.3 is 6.30 Å². The van der Waals surface area contributed by atoms with Gasteiger partial charge in [-0.2, -0.15) is 13.2 Å². The molecule has 1 rings (SSSR count). The van der Waals surface area contributed by atoms with Crippen LogP contribution in [0.2, 0.25) is 0 Å². The fourth-order valence-corrected chi connectivity index (χ4v) is 1.12. The molecule has 64 valence electrons. The van der Waals surface area contributed by atoms with Crippen molar-refractivity contribution < 1.29 is 13.2 Å². The molecule has 0 aromatic heterocycles. The van der Waals surface area contributed by atoms with Crippen LogP contribution < -0.4 is 0 Å². The van der Waals surface area contributed by atoms with Gasteiger partial charge in [0.1, 0.15) is 0 Å². The molecule has 0 aromatic rings. The van der Waals surface area contributed by atoms with Crippen molar-refractivity contribution in [1.82, 2.24) is 4.90 Å². The second-order valence-electron chi connectivity index (χ2n) is 2.61. The van der Waals surface area contributed by atoms with Crippen LogP contribution >= 0.6 is 0 Å². The molecule has 0 radical (unpaired) electrons. The number of hydrogen-bond donors (Lipinski definition) is 0. The first-order valence-electron chi connectivity index (χ1n) is 3.51. The van der Waals surface area contributed by atoms with Gasteiger partial charge in [-0.05, 0) is 19.3 Å². The molecule has 1 nitrogen and oxygen atoms in total. The maximum atomic E-state index is 12.0. The first-order valence-corrected chi connectivity index (χ1v) is 3.51. The van der Waals surface area contributed by atoms with Crippen LogP contribution in [0.1, 0.15) is 19.3 Å². The molecule has 1 aliphatic carbocycles. The van der Waals surface area contributed by atoms with Gasteiger partial charge in [-0.15, -0.1) is 0 Å². The van der Waals surface area contributed by atoms with Gasteiger partial charge in [0.25, 0.3) is 0 Å². The number of halogens is 3. The normalized spacial score (nSPS) is 18.4. The summed E-state index contributed by atoms with van der Waals surface area (Å²) < 4.78 is 36.0. The van der Waals surface area contributed by atoms with Gasteiger partial charge in [0.2, 0.25) is 0 Å². The van der Waals surface area contributed by atoms with Crippen LogP contribution in [0.5, 0.6) is 0 Å². The largest absolute Gasteiger partial charge is 0.484 e. The van der Waals surface area contributed by atoms with Crippen LogP contribution in [0.4, 0.5) is 13.2 Å². The Bertz CT molecular complexity index is 171. The molecule has 0 atom stereocenters. The number of allylic oxidation sites excluding steroid dienone is 2. The highest BCUT2D eigenvalue weighted by Gasteiger charge is 2.35. The van der Waals surface area contributed by atoms with Gasteiger partial charge < -0.3 is 0 Å². The van der Waals surface area contributed by atoms with E-state index in [2.05, 4.69) is 0 Å². The van der Waals surface area contributed by atoms with Gasteiger partial charge in [0.05, 0.1) is 0 Å². The molecule has 0 unspecified atom stereocenters. The molecule has 0 heterocycles. The minimum atomic E-state index is -4.21. The lowest BCUT2D eigenvalue weighted by atomic mass is 10.3. The zero-order valence-electron chi connectivity index (χ0n) is 6.28. The second-order valence-corrected chi connectivity index (χ2v) is 2.61. The Morgan fingerprint density at radius 2 is 2.09 bits per heavy atom. The molecule has 0 bridgehead atoms. The molecule has 0 spiro atoms. The standard InChI is InChI=1S/C7H10F3N/c1-11(7(8,9)10)6-4-2-3-5-6/h4H,2-3,5H2,1H3. The zero-order valence-corrected chi connectivity index (χ0v) is 6.28. The van der Waals surface area contributed by atoms with E-state index in [0.29, 0.717) is 17.0 Å². The van der Waals surface area contributed by atoms with Crippen molar-refractivity contribution in [2.45, 2.75) is 25.6 Å². The fourth-order valence-electron chi connectivity index (χ4n) is 1.12. The van der Waals surface area contributed by atoms with E-state index in [4.69, 9.17) is 0 Å². The molecule has 4 heteroatoms. The second kappa shape index (κ2) is 2.75. The molecule has 0 aliphatic heterocycles. The lowest BCUT2D eigenvalue weighted by Crippen LogP contribution is -2.32. The first kappa shape index (κ1) is 8.43. The molecular weight excluding hydrogens is 155 g/mol. The molecule has 0 aromatic carbocycles. The van der Waals surface area contributed by atoms with Crippen molar-refractivity contribution in [1.29, 1.82) is 0 Å². The van der Waals surface area contributed by atoms with E-state index in [1.807, 2.05) is 0 Å². The van der Waals surface area contributed by atoms with Gasteiger partial charge in [-0.3, -0.25) is 4.90 Å². The van der Waals surface area contributed by atoms with Crippen molar-refractivity contribution in [3.8, 4) is 0 Å². The highest BCUT2D eigenvalue weighted by atomic mass is 19.4. The minimum absolute atomic E-state index is 0.389. The lowest BCUT2D eigenvalue weighted by molar-refractivity contribution is -0.224. The first-order chi connectivity index (χ1) is 5.02. The highest BCUT2D eigenvalue weighted by Crippen LogP contribution is 2.29. The lowest BCUT2D eigenvalue weighted by Gasteiger charge is -2.22. The van der Waals surface area contributed by atoms with Crippen molar-refractivity contribution in [3.63, 3.8) is 0 Å². The summed E-state index contributed by atoms with van der Waals surface area (Å²) in [4.78, 5) is 0.389. The Morgan fingerprint density at radius 3 is 2.45 bits per heavy atom. The van der Waals surface area contributed by atoms with E-state index in [-0.39, 0.29) is 0 Å². The maximum absolute atomic E-state index is 12.0. The van der Waals surface area contributed by atoms with Crippen molar-refractivity contribution in [3.05, 3.63) is 11.8 Å². The van der Waals surface area contributed by atoms with Gasteiger partial charge in [0.15, 0.2) is 0 Å². The third-order valence-corrected chi connectivity index (χ3v) is 1.83. The van der Waals surface area contributed by atoms with Gasteiger partial charge in [0, 0.05) is 12.7 Å². The number of hydrogen-bond acceptors (Lipinski definition) is 1. The fraction of sp³-hybridized carbons (Fsp3) is 0.714.